The summed E-state index contributed by atoms with van der Waals surface area (Å²) in [4.78, 5) is 4.25. The van der Waals surface area contributed by atoms with E-state index in [4.69, 9.17) is 11.6 Å². The van der Waals surface area contributed by atoms with Crippen LogP contribution in [0.1, 0.15) is 19.4 Å². The van der Waals surface area contributed by atoms with Crippen molar-refractivity contribution in [1.82, 2.24) is 10.6 Å². The Balaban J connectivity index is 0.00000625. The van der Waals surface area contributed by atoms with E-state index < -0.39 is 16.4 Å². The lowest BCUT2D eigenvalue weighted by atomic mass is 10.2. The zero-order chi connectivity index (χ0) is 18.9. The quantitative estimate of drug-likeness (QED) is 0.294. The van der Waals surface area contributed by atoms with Crippen LogP contribution in [0.5, 0.6) is 5.75 Å². The minimum absolute atomic E-state index is 0. The molecule has 11 heteroatoms. The Morgan fingerprint density at radius 3 is 2.58 bits per heavy atom. The second kappa shape index (κ2) is 12.5. The average Bonchev–Trinajstić information content (AvgIpc) is 2.54. The van der Waals surface area contributed by atoms with E-state index in [1.54, 1.807) is 6.92 Å². The molecule has 0 aliphatic heterocycles. The largest absolute Gasteiger partial charge is 0.434 e. The predicted molar refractivity (Wildman–Crippen MR) is 111 cm³/mol. The highest BCUT2D eigenvalue weighted by molar-refractivity contribution is 14.0. The van der Waals surface area contributed by atoms with Crippen LogP contribution in [0.15, 0.2) is 23.2 Å². The first kappa shape index (κ1) is 25.1. The number of ether oxygens (including phenoxy) is 1. The molecule has 0 fully saturated rings. The summed E-state index contributed by atoms with van der Waals surface area (Å²) in [5.74, 6) is 0.411. The summed E-state index contributed by atoms with van der Waals surface area (Å²) in [7, 11) is -3.09. The fourth-order valence-electron chi connectivity index (χ4n) is 1.86. The van der Waals surface area contributed by atoms with Gasteiger partial charge in [-0.05, 0) is 25.1 Å². The molecule has 0 aliphatic carbocycles. The monoisotopic (exact) mass is 525 g/mol. The van der Waals surface area contributed by atoms with Gasteiger partial charge in [-0.1, -0.05) is 18.5 Å². The van der Waals surface area contributed by atoms with Crippen LogP contribution in [0.25, 0.3) is 0 Å². The van der Waals surface area contributed by atoms with Gasteiger partial charge in [0, 0.05) is 29.4 Å². The number of sulfone groups is 1. The second-order valence-corrected chi connectivity index (χ2v) is 7.90. The van der Waals surface area contributed by atoms with Crippen molar-refractivity contribution in [2.45, 2.75) is 27.0 Å². The number of guanidine groups is 1. The number of aliphatic imine (C=N–C) groups is 1. The second-order valence-electron chi connectivity index (χ2n) is 4.99. The summed E-state index contributed by atoms with van der Waals surface area (Å²) in [5, 5.41) is 6.22. The Kier molecular flexibility index (Phi) is 12.1. The van der Waals surface area contributed by atoms with Crippen LogP contribution in [-0.4, -0.2) is 45.6 Å². The van der Waals surface area contributed by atoms with Crippen molar-refractivity contribution in [2.24, 2.45) is 4.99 Å². The molecule has 26 heavy (non-hydrogen) atoms. The summed E-state index contributed by atoms with van der Waals surface area (Å²) in [5.41, 5.74) is 0.395. The maximum absolute atomic E-state index is 12.5. The topological polar surface area (TPSA) is 79.8 Å². The van der Waals surface area contributed by atoms with E-state index in [0.717, 1.165) is 0 Å². The van der Waals surface area contributed by atoms with Crippen LogP contribution < -0.4 is 15.4 Å². The number of rotatable bonds is 9. The standard InChI is InChI=1S/C15H22ClF2N3O3S.HI/c1-3-19-15(20-7-8-25(22,23)4-2)21-10-11-9-12(16)5-6-13(11)24-14(17)18;/h5-6,9,14H,3-4,7-8,10H2,1-2H3,(H2,19,20,21);1H. The lowest BCUT2D eigenvalue weighted by molar-refractivity contribution is -0.0504. The Hall–Kier alpha value is -0.880. The number of halogens is 4. The molecule has 0 bridgehead atoms. The highest BCUT2D eigenvalue weighted by Gasteiger charge is 2.11. The Bertz CT molecular complexity index is 691. The van der Waals surface area contributed by atoms with Gasteiger partial charge in [0.15, 0.2) is 15.8 Å². The van der Waals surface area contributed by atoms with Crippen LogP contribution in [-0.2, 0) is 16.4 Å². The lowest BCUT2D eigenvalue weighted by Gasteiger charge is -2.13. The average molecular weight is 526 g/mol. The first-order chi connectivity index (χ1) is 11.8. The number of nitrogens with zero attached hydrogens (tertiary/aromatic N) is 1. The first-order valence-corrected chi connectivity index (χ1v) is 9.93. The molecule has 1 aromatic rings. The molecule has 0 radical (unpaired) electrons. The molecule has 1 aromatic carbocycles. The van der Waals surface area contributed by atoms with Crippen LogP contribution >= 0.6 is 35.6 Å². The van der Waals surface area contributed by atoms with E-state index >= 15 is 0 Å². The molecule has 0 saturated carbocycles. The molecule has 0 unspecified atom stereocenters. The molecule has 0 atom stereocenters. The van der Waals surface area contributed by atoms with Gasteiger partial charge in [-0.25, -0.2) is 13.4 Å². The number of nitrogens with one attached hydrogen (secondary N) is 2. The molecular formula is C15H23ClF2IN3O3S. The van der Waals surface area contributed by atoms with Crippen molar-refractivity contribution >= 4 is 51.4 Å². The van der Waals surface area contributed by atoms with Crippen LogP contribution in [0.2, 0.25) is 5.02 Å². The van der Waals surface area contributed by atoms with Gasteiger partial charge in [-0.2, -0.15) is 8.78 Å². The van der Waals surface area contributed by atoms with E-state index in [2.05, 4.69) is 20.4 Å². The minimum atomic E-state index is -3.09. The fraction of sp³-hybridized carbons (Fsp3) is 0.533. The summed E-state index contributed by atoms with van der Waals surface area (Å²) >= 11 is 5.89. The van der Waals surface area contributed by atoms with Gasteiger partial charge in [0.25, 0.3) is 0 Å². The van der Waals surface area contributed by atoms with Crippen LogP contribution in [0.4, 0.5) is 8.78 Å². The van der Waals surface area contributed by atoms with Gasteiger partial charge in [0.1, 0.15) is 5.75 Å². The minimum Gasteiger partial charge on any atom is -0.434 e. The van der Waals surface area contributed by atoms with E-state index in [0.29, 0.717) is 23.1 Å². The van der Waals surface area contributed by atoms with Crippen molar-refractivity contribution < 1.29 is 21.9 Å². The molecule has 0 amide bonds. The van der Waals surface area contributed by atoms with Gasteiger partial charge >= 0.3 is 6.61 Å². The van der Waals surface area contributed by atoms with Gasteiger partial charge in [0.2, 0.25) is 0 Å². The van der Waals surface area contributed by atoms with E-state index in [-0.39, 0.29) is 54.3 Å². The highest BCUT2D eigenvalue weighted by atomic mass is 127. The SMILES string of the molecule is CCNC(=NCc1cc(Cl)ccc1OC(F)F)NCCS(=O)(=O)CC.I. The maximum Gasteiger partial charge on any atom is 0.387 e. The molecule has 0 aliphatic rings. The molecule has 0 spiro atoms. The summed E-state index contributed by atoms with van der Waals surface area (Å²) < 4.78 is 52.4. The number of hydrogen-bond donors (Lipinski definition) is 2. The molecule has 0 aromatic heterocycles. The van der Waals surface area contributed by atoms with E-state index in [1.165, 1.54) is 18.2 Å². The number of benzene rings is 1. The summed E-state index contributed by atoms with van der Waals surface area (Å²) in [6.07, 6.45) is 0. The zero-order valence-electron chi connectivity index (χ0n) is 14.5. The molecular weight excluding hydrogens is 503 g/mol. The van der Waals surface area contributed by atoms with Crippen molar-refractivity contribution in [2.75, 3.05) is 24.6 Å². The van der Waals surface area contributed by atoms with Gasteiger partial charge in [0.05, 0.1) is 12.3 Å². The number of hydrogen-bond acceptors (Lipinski definition) is 4. The Morgan fingerprint density at radius 2 is 2.00 bits per heavy atom. The van der Waals surface area contributed by atoms with Crippen molar-refractivity contribution in [1.29, 1.82) is 0 Å². The molecule has 0 heterocycles. The van der Waals surface area contributed by atoms with Gasteiger partial charge < -0.3 is 15.4 Å². The zero-order valence-corrected chi connectivity index (χ0v) is 18.4. The number of alkyl halides is 2. The molecule has 150 valence electrons. The third-order valence-electron chi connectivity index (χ3n) is 3.14. The molecule has 1 rings (SSSR count). The van der Waals surface area contributed by atoms with Crippen LogP contribution in [0.3, 0.4) is 0 Å². The summed E-state index contributed by atoms with van der Waals surface area (Å²) in [6, 6.07) is 4.30. The van der Waals surface area contributed by atoms with Crippen molar-refractivity contribution in [3.8, 4) is 5.75 Å². The smallest absolute Gasteiger partial charge is 0.387 e. The maximum atomic E-state index is 12.5. The Labute approximate surface area is 174 Å². The molecule has 6 nitrogen and oxygen atoms in total. The molecule has 2 N–H and O–H groups in total. The lowest BCUT2D eigenvalue weighted by Crippen LogP contribution is -2.39. The fourth-order valence-corrected chi connectivity index (χ4v) is 2.75. The predicted octanol–water partition coefficient (Wildman–Crippen LogP) is 3.05. The third kappa shape index (κ3) is 9.72. The summed E-state index contributed by atoms with van der Waals surface area (Å²) in [6.45, 7) is 1.27. The van der Waals surface area contributed by atoms with Gasteiger partial charge in [-0.15, -0.1) is 24.0 Å². The first-order valence-electron chi connectivity index (χ1n) is 7.73. The normalized spacial score (nSPS) is 11.8. The van der Waals surface area contributed by atoms with E-state index in [9.17, 15) is 17.2 Å². The van der Waals surface area contributed by atoms with Crippen molar-refractivity contribution in [3.05, 3.63) is 28.8 Å². The highest BCUT2D eigenvalue weighted by Crippen LogP contribution is 2.25. The van der Waals surface area contributed by atoms with Crippen LogP contribution in [0, 0.1) is 0 Å². The third-order valence-corrected chi connectivity index (χ3v) is 5.08. The molecule has 0 saturated heterocycles. The van der Waals surface area contributed by atoms with Gasteiger partial charge in [-0.3, -0.25) is 0 Å². The van der Waals surface area contributed by atoms with E-state index in [1.807, 2.05) is 6.92 Å². The Morgan fingerprint density at radius 1 is 1.31 bits per heavy atom. The van der Waals surface area contributed by atoms with Crippen molar-refractivity contribution in [3.63, 3.8) is 0 Å².